The zero-order valence-electron chi connectivity index (χ0n) is 8.84. The maximum atomic E-state index is 11.6. The Kier molecular flexibility index (Phi) is 4.25. The quantitative estimate of drug-likeness (QED) is 0.226. The molecule has 1 unspecified atom stereocenters. The summed E-state index contributed by atoms with van der Waals surface area (Å²) in [4.78, 5) is 15.5. The van der Waals surface area contributed by atoms with Crippen LogP contribution in [0.2, 0.25) is 0 Å². The molecule has 0 bridgehead atoms. The van der Waals surface area contributed by atoms with Gasteiger partial charge in [-0.15, -0.1) is 0 Å². The summed E-state index contributed by atoms with van der Waals surface area (Å²) in [6.45, 7) is 2.00. The molecule has 0 spiro atoms. The number of hydrogen-bond donors (Lipinski definition) is 4. The lowest BCUT2D eigenvalue weighted by atomic mass is 10.1. The normalized spacial score (nSPS) is 13.4. The van der Waals surface area contributed by atoms with Gasteiger partial charge in [-0.05, 0) is 6.42 Å². The highest BCUT2D eigenvalue weighted by molar-refractivity contribution is 6.01. The maximum Gasteiger partial charge on any atom is 0.231 e. The van der Waals surface area contributed by atoms with E-state index in [-0.39, 0.29) is 18.3 Å². The van der Waals surface area contributed by atoms with Crippen LogP contribution in [0.1, 0.15) is 19.2 Å². The van der Waals surface area contributed by atoms with Crippen LogP contribution in [-0.2, 0) is 11.3 Å². The van der Waals surface area contributed by atoms with Gasteiger partial charge in [-0.2, -0.15) is 5.10 Å². The van der Waals surface area contributed by atoms with Crippen molar-refractivity contribution in [1.29, 1.82) is 0 Å². The SMILES string of the molecule is CCC(C(=O)NCc1ncn[nH]1)C(N)=NO. The molecule has 1 rings (SSSR count). The smallest absolute Gasteiger partial charge is 0.231 e. The monoisotopic (exact) mass is 226 g/mol. The van der Waals surface area contributed by atoms with Gasteiger partial charge >= 0.3 is 0 Å². The van der Waals surface area contributed by atoms with Crippen molar-refractivity contribution >= 4 is 11.7 Å². The summed E-state index contributed by atoms with van der Waals surface area (Å²) in [5, 5.41) is 20.2. The first kappa shape index (κ1) is 12.0. The number of nitrogens with one attached hydrogen (secondary N) is 2. The van der Waals surface area contributed by atoms with Crippen LogP contribution in [-0.4, -0.2) is 32.1 Å². The number of nitrogens with two attached hydrogens (primary N) is 1. The van der Waals surface area contributed by atoms with Gasteiger partial charge in [0.2, 0.25) is 5.91 Å². The first-order valence-corrected chi connectivity index (χ1v) is 4.78. The Labute approximate surface area is 91.9 Å². The lowest BCUT2D eigenvalue weighted by molar-refractivity contribution is -0.123. The first-order chi connectivity index (χ1) is 7.69. The van der Waals surface area contributed by atoms with Crippen molar-refractivity contribution in [3.05, 3.63) is 12.2 Å². The Morgan fingerprint density at radius 1 is 1.81 bits per heavy atom. The van der Waals surface area contributed by atoms with Gasteiger partial charge < -0.3 is 16.3 Å². The maximum absolute atomic E-state index is 11.6. The van der Waals surface area contributed by atoms with Crippen LogP contribution in [0.4, 0.5) is 0 Å². The average molecular weight is 226 g/mol. The Morgan fingerprint density at radius 3 is 3.06 bits per heavy atom. The van der Waals surface area contributed by atoms with Gasteiger partial charge in [0, 0.05) is 0 Å². The minimum Gasteiger partial charge on any atom is -0.409 e. The van der Waals surface area contributed by atoms with Crippen LogP contribution < -0.4 is 11.1 Å². The second kappa shape index (κ2) is 5.69. The van der Waals surface area contributed by atoms with Crippen molar-refractivity contribution in [2.75, 3.05) is 0 Å². The molecule has 0 saturated heterocycles. The highest BCUT2D eigenvalue weighted by atomic mass is 16.4. The molecule has 0 saturated carbocycles. The topological polar surface area (TPSA) is 129 Å². The molecule has 8 nitrogen and oxygen atoms in total. The molecule has 8 heteroatoms. The van der Waals surface area contributed by atoms with E-state index in [2.05, 4.69) is 25.7 Å². The van der Waals surface area contributed by atoms with Crippen LogP contribution in [0.15, 0.2) is 11.5 Å². The molecule has 1 heterocycles. The molecule has 1 amide bonds. The van der Waals surface area contributed by atoms with Crippen LogP contribution in [0.3, 0.4) is 0 Å². The fourth-order valence-electron chi connectivity index (χ4n) is 1.21. The number of H-pyrrole nitrogens is 1. The molecular weight excluding hydrogens is 212 g/mol. The van der Waals surface area contributed by atoms with E-state index in [9.17, 15) is 4.79 Å². The zero-order chi connectivity index (χ0) is 12.0. The second-order valence-corrected chi connectivity index (χ2v) is 3.14. The van der Waals surface area contributed by atoms with Gasteiger partial charge in [0.25, 0.3) is 0 Å². The minimum atomic E-state index is -0.632. The first-order valence-electron chi connectivity index (χ1n) is 4.78. The molecule has 88 valence electrons. The molecule has 5 N–H and O–H groups in total. The van der Waals surface area contributed by atoms with Gasteiger partial charge in [-0.3, -0.25) is 9.89 Å². The molecule has 0 aliphatic rings. The molecule has 0 aliphatic heterocycles. The van der Waals surface area contributed by atoms with Gasteiger partial charge in [0.1, 0.15) is 12.2 Å². The van der Waals surface area contributed by atoms with Gasteiger partial charge in [0.15, 0.2) is 5.84 Å². The molecule has 0 fully saturated rings. The molecule has 0 aromatic carbocycles. The number of carbonyl (C=O) groups is 1. The van der Waals surface area contributed by atoms with Crippen LogP contribution in [0.5, 0.6) is 0 Å². The lowest BCUT2D eigenvalue weighted by Crippen LogP contribution is -2.38. The van der Waals surface area contributed by atoms with Crippen molar-refractivity contribution in [1.82, 2.24) is 20.5 Å². The molecule has 1 aromatic heterocycles. The van der Waals surface area contributed by atoms with Gasteiger partial charge in [0.05, 0.1) is 12.5 Å². The number of oxime groups is 1. The molecular formula is C8H14N6O2. The zero-order valence-corrected chi connectivity index (χ0v) is 8.84. The van der Waals surface area contributed by atoms with E-state index >= 15 is 0 Å². The highest BCUT2D eigenvalue weighted by Crippen LogP contribution is 2.02. The fourth-order valence-corrected chi connectivity index (χ4v) is 1.21. The third kappa shape index (κ3) is 2.94. The Bertz CT molecular complexity index is 361. The Balaban J connectivity index is 2.50. The minimum absolute atomic E-state index is 0.0995. The molecule has 16 heavy (non-hydrogen) atoms. The van der Waals surface area contributed by atoms with Crippen molar-refractivity contribution in [3.8, 4) is 0 Å². The van der Waals surface area contributed by atoms with E-state index in [1.807, 2.05) is 0 Å². The summed E-state index contributed by atoms with van der Waals surface area (Å²) >= 11 is 0. The predicted octanol–water partition coefficient (Wildman–Crippen LogP) is -0.806. The summed E-state index contributed by atoms with van der Waals surface area (Å²) < 4.78 is 0. The van der Waals surface area contributed by atoms with Crippen molar-refractivity contribution in [2.45, 2.75) is 19.9 Å². The summed E-state index contributed by atoms with van der Waals surface area (Å²) in [7, 11) is 0. The fraction of sp³-hybridized carbons (Fsp3) is 0.500. The van der Waals surface area contributed by atoms with Crippen molar-refractivity contribution in [3.63, 3.8) is 0 Å². The number of carbonyl (C=O) groups excluding carboxylic acids is 1. The van der Waals surface area contributed by atoms with Gasteiger partial charge in [-0.1, -0.05) is 12.1 Å². The average Bonchev–Trinajstić information content (AvgIpc) is 2.79. The number of amidine groups is 1. The van der Waals surface area contributed by atoms with Crippen LogP contribution in [0, 0.1) is 5.92 Å². The third-order valence-corrected chi connectivity index (χ3v) is 2.09. The summed E-state index contributed by atoms with van der Waals surface area (Å²) in [6, 6.07) is 0. The largest absolute Gasteiger partial charge is 0.409 e. The van der Waals surface area contributed by atoms with E-state index in [1.54, 1.807) is 6.92 Å². The standard InChI is InChI=1S/C8H14N6O2/c1-2-5(7(9)14-16)8(15)10-3-6-11-4-12-13-6/h4-5,16H,2-3H2,1H3,(H2,9,14)(H,10,15)(H,11,12,13). The molecule has 0 aliphatic carbocycles. The summed E-state index contributed by atoms with van der Waals surface area (Å²) in [5.74, 6) is -0.498. The van der Waals surface area contributed by atoms with E-state index in [1.165, 1.54) is 6.33 Å². The van der Waals surface area contributed by atoms with E-state index in [0.717, 1.165) is 0 Å². The highest BCUT2D eigenvalue weighted by Gasteiger charge is 2.20. The lowest BCUT2D eigenvalue weighted by Gasteiger charge is -2.12. The second-order valence-electron chi connectivity index (χ2n) is 3.14. The van der Waals surface area contributed by atoms with E-state index < -0.39 is 5.92 Å². The number of nitrogens with zero attached hydrogens (tertiary/aromatic N) is 3. The molecule has 0 radical (unpaired) electrons. The summed E-state index contributed by atoms with van der Waals surface area (Å²) in [6.07, 6.45) is 1.81. The van der Waals surface area contributed by atoms with Crippen molar-refractivity contribution in [2.24, 2.45) is 16.8 Å². The Morgan fingerprint density at radius 2 is 2.56 bits per heavy atom. The summed E-state index contributed by atoms with van der Waals surface area (Å²) in [5.41, 5.74) is 5.38. The van der Waals surface area contributed by atoms with Crippen LogP contribution >= 0.6 is 0 Å². The third-order valence-electron chi connectivity index (χ3n) is 2.09. The van der Waals surface area contributed by atoms with E-state index in [4.69, 9.17) is 10.9 Å². The van der Waals surface area contributed by atoms with Crippen LogP contribution in [0.25, 0.3) is 0 Å². The molecule has 1 atom stereocenters. The number of amides is 1. The Hall–Kier alpha value is -2.12. The van der Waals surface area contributed by atoms with Crippen molar-refractivity contribution < 1.29 is 10.0 Å². The predicted molar refractivity (Wildman–Crippen MR) is 55.4 cm³/mol. The number of aromatic nitrogens is 3. The molecule has 1 aromatic rings. The van der Waals surface area contributed by atoms with E-state index in [0.29, 0.717) is 12.2 Å². The number of aromatic amines is 1. The number of hydrogen-bond acceptors (Lipinski definition) is 5. The van der Waals surface area contributed by atoms with Gasteiger partial charge in [-0.25, -0.2) is 4.98 Å². The number of rotatable bonds is 5.